The van der Waals surface area contributed by atoms with Crippen molar-refractivity contribution in [1.29, 1.82) is 0 Å². The standard InChI is InChI=1S/C23H25FN4O3/c1-15(21(30)25-14-16-6-8-17(24)9-7-16)28-13-12-23(11-10-20(28)29)26-19-5-3-2-4-18(19)22(31)27-23/h2-9,15,26H,10-14H2,1H3,(H,25,30)(H,27,31)/t15-,23-/m1/s1. The van der Waals surface area contributed by atoms with Gasteiger partial charge in [-0.05, 0) is 43.2 Å². The largest absolute Gasteiger partial charge is 0.362 e. The van der Waals surface area contributed by atoms with Crippen LogP contribution in [0.5, 0.6) is 0 Å². The number of anilines is 1. The van der Waals surface area contributed by atoms with Gasteiger partial charge < -0.3 is 20.9 Å². The molecule has 2 atom stereocenters. The van der Waals surface area contributed by atoms with E-state index in [1.54, 1.807) is 30.0 Å². The number of para-hydroxylation sites is 1. The number of hydrogen-bond donors (Lipinski definition) is 3. The summed E-state index contributed by atoms with van der Waals surface area (Å²) in [6.45, 7) is 2.28. The molecule has 3 amide bonds. The van der Waals surface area contributed by atoms with E-state index in [1.807, 2.05) is 18.2 Å². The van der Waals surface area contributed by atoms with Gasteiger partial charge in [0.15, 0.2) is 0 Å². The first-order valence-corrected chi connectivity index (χ1v) is 10.4. The molecule has 4 rings (SSSR count). The molecular formula is C23H25FN4O3. The lowest BCUT2D eigenvalue weighted by atomic mass is 9.95. The maximum atomic E-state index is 13.0. The van der Waals surface area contributed by atoms with Gasteiger partial charge in [0.2, 0.25) is 11.8 Å². The molecule has 3 N–H and O–H groups in total. The molecule has 0 saturated carbocycles. The number of fused-ring (bicyclic) bond motifs is 1. The summed E-state index contributed by atoms with van der Waals surface area (Å²) in [6.07, 6.45) is 1.13. The predicted octanol–water partition coefficient (Wildman–Crippen LogP) is 2.39. The summed E-state index contributed by atoms with van der Waals surface area (Å²) in [5.74, 6) is -0.908. The van der Waals surface area contributed by atoms with Crippen molar-refractivity contribution in [3.05, 3.63) is 65.5 Å². The van der Waals surface area contributed by atoms with Crippen LogP contribution in [-0.2, 0) is 16.1 Å². The highest BCUT2D eigenvalue weighted by molar-refractivity contribution is 6.02. The first kappa shape index (κ1) is 20.8. The highest BCUT2D eigenvalue weighted by Gasteiger charge is 2.41. The van der Waals surface area contributed by atoms with Gasteiger partial charge >= 0.3 is 0 Å². The number of carbonyl (C=O) groups is 3. The summed E-state index contributed by atoms with van der Waals surface area (Å²) in [7, 11) is 0. The lowest BCUT2D eigenvalue weighted by molar-refractivity contribution is -0.139. The molecule has 2 aliphatic heterocycles. The SMILES string of the molecule is C[C@H](C(=O)NCc1ccc(F)cc1)N1CC[C@@]2(CCC1=O)NC(=O)c1ccccc1N2. The van der Waals surface area contributed by atoms with Gasteiger partial charge in [0.05, 0.1) is 5.56 Å². The predicted molar refractivity (Wildman–Crippen MR) is 114 cm³/mol. The minimum atomic E-state index is -0.722. The zero-order chi connectivity index (χ0) is 22.0. The van der Waals surface area contributed by atoms with E-state index in [1.165, 1.54) is 12.1 Å². The Bertz CT molecular complexity index is 1010. The van der Waals surface area contributed by atoms with Crippen molar-refractivity contribution in [3.63, 3.8) is 0 Å². The molecule has 1 saturated heterocycles. The third kappa shape index (κ3) is 4.38. The van der Waals surface area contributed by atoms with E-state index in [0.29, 0.717) is 24.9 Å². The third-order valence-electron chi connectivity index (χ3n) is 5.99. The molecule has 1 spiro atoms. The number of nitrogens with one attached hydrogen (secondary N) is 3. The van der Waals surface area contributed by atoms with Crippen LogP contribution in [0.15, 0.2) is 48.5 Å². The zero-order valence-corrected chi connectivity index (χ0v) is 17.3. The van der Waals surface area contributed by atoms with E-state index in [9.17, 15) is 18.8 Å². The van der Waals surface area contributed by atoms with E-state index >= 15 is 0 Å². The Morgan fingerprint density at radius 1 is 1.13 bits per heavy atom. The number of halogens is 1. The second kappa shape index (κ2) is 8.37. The van der Waals surface area contributed by atoms with Crippen LogP contribution in [0, 0.1) is 5.82 Å². The Hall–Kier alpha value is -3.42. The van der Waals surface area contributed by atoms with Gasteiger partial charge in [0.1, 0.15) is 17.5 Å². The van der Waals surface area contributed by atoms with E-state index in [0.717, 1.165) is 11.3 Å². The van der Waals surface area contributed by atoms with E-state index < -0.39 is 11.7 Å². The molecule has 2 heterocycles. The average Bonchev–Trinajstić information content (AvgIpc) is 2.91. The minimum absolute atomic E-state index is 0.129. The summed E-state index contributed by atoms with van der Waals surface area (Å²) in [5, 5.41) is 9.24. The Balaban J connectivity index is 1.41. The Morgan fingerprint density at radius 3 is 2.65 bits per heavy atom. The number of benzene rings is 2. The van der Waals surface area contributed by atoms with E-state index in [-0.39, 0.29) is 36.5 Å². The van der Waals surface area contributed by atoms with Gasteiger partial charge in [-0.25, -0.2) is 4.39 Å². The van der Waals surface area contributed by atoms with Crippen LogP contribution in [0.4, 0.5) is 10.1 Å². The number of rotatable bonds is 4. The molecule has 162 valence electrons. The number of amides is 3. The van der Waals surface area contributed by atoms with E-state index in [2.05, 4.69) is 16.0 Å². The van der Waals surface area contributed by atoms with Crippen molar-refractivity contribution in [2.24, 2.45) is 0 Å². The van der Waals surface area contributed by atoms with Crippen LogP contribution >= 0.6 is 0 Å². The van der Waals surface area contributed by atoms with Crippen molar-refractivity contribution in [2.75, 3.05) is 11.9 Å². The molecule has 0 bridgehead atoms. The zero-order valence-electron chi connectivity index (χ0n) is 17.3. The minimum Gasteiger partial charge on any atom is -0.362 e. The van der Waals surface area contributed by atoms with Crippen LogP contribution in [0.2, 0.25) is 0 Å². The molecule has 0 unspecified atom stereocenters. The molecule has 2 aliphatic rings. The van der Waals surface area contributed by atoms with Gasteiger partial charge in [-0.2, -0.15) is 0 Å². The molecule has 31 heavy (non-hydrogen) atoms. The topological polar surface area (TPSA) is 90.5 Å². The molecule has 8 heteroatoms. The first-order chi connectivity index (χ1) is 14.9. The lowest BCUT2D eigenvalue weighted by Crippen LogP contribution is -2.58. The van der Waals surface area contributed by atoms with Gasteiger partial charge in [-0.1, -0.05) is 24.3 Å². The molecule has 0 aromatic heterocycles. The average molecular weight is 424 g/mol. The Labute approximate surface area is 180 Å². The van der Waals surface area contributed by atoms with Crippen molar-refractivity contribution < 1.29 is 18.8 Å². The first-order valence-electron chi connectivity index (χ1n) is 10.4. The summed E-state index contributed by atoms with van der Waals surface area (Å²) in [5.41, 5.74) is 1.38. The maximum Gasteiger partial charge on any atom is 0.255 e. The third-order valence-corrected chi connectivity index (χ3v) is 5.99. The Morgan fingerprint density at radius 2 is 1.87 bits per heavy atom. The lowest BCUT2D eigenvalue weighted by Gasteiger charge is -2.40. The fraction of sp³-hybridized carbons (Fsp3) is 0.348. The second-order valence-corrected chi connectivity index (χ2v) is 8.06. The van der Waals surface area contributed by atoms with Crippen LogP contribution in [0.25, 0.3) is 0 Å². The molecule has 0 radical (unpaired) electrons. The van der Waals surface area contributed by atoms with Crippen LogP contribution in [0.3, 0.4) is 0 Å². The molecule has 2 aromatic carbocycles. The van der Waals surface area contributed by atoms with Crippen LogP contribution in [0.1, 0.15) is 42.1 Å². The van der Waals surface area contributed by atoms with Gasteiger partial charge in [-0.3, -0.25) is 14.4 Å². The Kier molecular flexibility index (Phi) is 5.63. The van der Waals surface area contributed by atoms with Gasteiger partial charge in [0.25, 0.3) is 5.91 Å². The normalized spacial score (nSPS) is 21.5. The molecular weight excluding hydrogens is 399 g/mol. The number of likely N-dealkylation sites (tertiary alicyclic amines) is 1. The van der Waals surface area contributed by atoms with E-state index in [4.69, 9.17) is 0 Å². The summed E-state index contributed by atoms with van der Waals surface area (Å²) in [4.78, 5) is 39.6. The summed E-state index contributed by atoms with van der Waals surface area (Å²) < 4.78 is 13.0. The quantitative estimate of drug-likeness (QED) is 0.703. The molecule has 7 nitrogen and oxygen atoms in total. The second-order valence-electron chi connectivity index (χ2n) is 8.06. The maximum absolute atomic E-state index is 13.0. The number of carbonyl (C=O) groups excluding carboxylic acids is 3. The highest BCUT2D eigenvalue weighted by atomic mass is 19.1. The van der Waals surface area contributed by atoms with Crippen molar-refractivity contribution in [1.82, 2.24) is 15.5 Å². The van der Waals surface area contributed by atoms with Crippen molar-refractivity contribution in [2.45, 2.75) is 44.4 Å². The van der Waals surface area contributed by atoms with Crippen LogP contribution < -0.4 is 16.0 Å². The molecule has 1 fully saturated rings. The van der Waals surface area contributed by atoms with Crippen LogP contribution in [-0.4, -0.2) is 40.9 Å². The fourth-order valence-corrected chi connectivity index (χ4v) is 4.13. The molecule has 0 aliphatic carbocycles. The number of hydrogen-bond acceptors (Lipinski definition) is 4. The van der Waals surface area contributed by atoms with Gasteiger partial charge in [0, 0.05) is 31.6 Å². The van der Waals surface area contributed by atoms with Crippen molar-refractivity contribution in [3.8, 4) is 0 Å². The highest BCUT2D eigenvalue weighted by Crippen LogP contribution is 2.32. The molecule has 2 aromatic rings. The fourth-order valence-electron chi connectivity index (χ4n) is 4.13. The van der Waals surface area contributed by atoms with Crippen molar-refractivity contribution >= 4 is 23.4 Å². The monoisotopic (exact) mass is 424 g/mol. The smallest absolute Gasteiger partial charge is 0.255 e. The summed E-state index contributed by atoms with van der Waals surface area (Å²) >= 11 is 0. The van der Waals surface area contributed by atoms with Gasteiger partial charge in [-0.15, -0.1) is 0 Å². The number of nitrogens with zero attached hydrogens (tertiary/aromatic N) is 1. The summed E-state index contributed by atoms with van der Waals surface area (Å²) in [6, 6.07) is 12.5.